The van der Waals surface area contributed by atoms with Crippen molar-refractivity contribution in [3.8, 4) is 0 Å². The molecular weight excluding hydrogens is 246 g/mol. The van der Waals surface area contributed by atoms with Crippen molar-refractivity contribution in [1.29, 1.82) is 0 Å². The van der Waals surface area contributed by atoms with Crippen molar-refractivity contribution < 1.29 is 9.47 Å². The average molecular weight is 256 g/mol. The summed E-state index contributed by atoms with van der Waals surface area (Å²) in [6.07, 6.45) is -0.874. The average Bonchev–Trinajstić information content (AvgIpc) is 1.87. The maximum atomic E-state index is 5.83. The van der Waals surface area contributed by atoms with Gasteiger partial charge in [-0.3, -0.25) is 0 Å². The highest BCUT2D eigenvalue weighted by atomic mass is 35.5. The highest BCUT2D eigenvalue weighted by molar-refractivity contribution is 6.62. The molecule has 0 aliphatic rings. The van der Waals surface area contributed by atoms with Crippen LogP contribution in [0.1, 0.15) is 6.92 Å². The highest BCUT2D eigenvalue weighted by Crippen LogP contribution is 2.45. The van der Waals surface area contributed by atoms with Gasteiger partial charge in [-0.25, -0.2) is 0 Å². The zero-order chi connectivity index (χ0) is 9.99. The summed E-state index contributed by atoms with van der Waals surface area (Å²) in [5, 5.41) is 0. The van der Waals surface area contributed by atoms with Crippen LogP contribution in [-0.4, -0.2) is 29.2 Å². The SMILES string of the molecule is COC(OC)C(Cl)(Cl)C(C)(Cl)Cl. The molecule has 0 saturated carbocycles. The van der Waals surface area contributed by atoms with Gasteiger partial charge in [0.2, 0.25) is 4.33 Å². The van der Waals surface area contributed by atoms with Crippen LogP contribution in [0.25, 0.3) is 0 Å². The van der Waals surface area contributed by atoms with E-state index in [0.29, 0.717) is 0 Å². The number of methoxy groups -OCH3 is 2. The summed E-state index contributed by atoms with van der Waals surface area (Å²) in [5.41, 5.74) is 0. The minimum absolute atomic E-state index is 0.874. The Balaban J connectivity index is 4.57. The number of rotatable bonds is 4. The minimum Gasteiger partial charge on any atom is -0.353 e. The molecule has 0 rings (SSSR count). The lowest BCUT2D eigenvalue weighted by Crippen LogP contribution is -2.46. The minimum atomic E-state index is -1.51. The molecule has 0 radical (unpaired) electrons. The lowest BCUT2D eigenvalue weighted by molar-refractivity contribution is -0.112. The monoisotopic (exact) mass is 254 g/mol. The van der Waals surface area contributed by atoms with Crippen molar-refractivity contribution in [2.45, 2.75) is 21.9 Å². The molecular formula is C6H10Cl4O2. The van der Waals surface area contributed by atoms with Crippen LogP contribution in [0.2, 0.25) is 0 Å². The summed E-state index contributed by atoms with van der Waals surface area (Å²) in [6.45, 7) is 1.46. The van der Waals surface area contributed by atoms with Gasteiger partial charge in [0.25, 0.3) is 0 Å². The maximum Gasteiger partial charge on any atom is 0.200 e. The van der Waals surface area contributed by atoms with Crippen molar-refractivity contribution in [3.05, 3.63) is 0 Å². The summed E-state index contributed by atoms with van der Waals surface area (Å²) in [5.74, 6) is 0. The van der Waals surface area contributed by atoms with Gasteiger partial charge in [0.05, 0.1) is 0 Å². The second-order valence-corrected chi connectivity index (χ2v) is 5.41. The fourth-order valence-electron chi connectivity index (χ4n) is 0.599. The zero-order valence-corrected chi connectivity index (χ0v) is 9.93. The van der Waals surface area contributed by atoms with E-state index >= 15 is 0 Å². The van der Waals surface area contributed by atoms with Gasteiger partial charge >= 0.3 is 0 Å². The highest BCUT2D eigenvalue weighted by Gasteiger charge is 2.50. The lowest BCUT2D eigenvalue weighted by atomic mass is 10.3. The smallest absolute Gasteiger partial charge is 0.200 e. The second-order valence-electron chi connectivity index (χ2n) is 2.31. The first-order valence-electron chi connectivity index (χ1n) is 3.08. The van der Waals surface area contributed by atoms with E-state index < -0.39 is 15.0 Å². The molecule has 0 aliphatic heterocycles. The molecule has 2 nitrogen and oxygen atoms in total. The van der Waals surface area contributed by atoms with E-state index in [1.807, 2.05) is 0 Å². The number of ether oxygens (including phenoxy) is 2. The molecule has 0 saturated heterocycles. The molecule has 0 heterocycles. The number of halogens is 4. The second kappa shape index (κ2) is 4.54. The van der Waals surface area contributed by atoms with Crippen LogP contribution in [0.4, 0.5) is 0 Å². The van der Waals surface area contributed by atoms with Crippen LogP contribution < -0.4 is 0 Å². The predicted molar refractivity (Wildman–Crippen MR) is 52.4 cm³/mol. The molecule has 0 bridgehead atoms. The van der Waals surface area contributed by atoms with Crippen LogP contribution in [-0.2, 0) is 9.47 Å². The van der Waals surface area contributed by atoms with Crippen LogP contribution in [0.5, 0.6) is 0 Å². The van der Waals surface area contributed by atoms with Crippen LogP contribution in [0.3, 0.4) is 0 Å². The van der Waals surface area contributed by atoms with Crippen molar-refractivity contribution >= 4 is 46.4 Å². The molecule has 0 amide bonds. The third-order valence-electron chi connectivity index (χ3n) is 1.31. The Morgan fingerprint density at radius 3 is 1.42 bits per heavy atom. The summed E-state index contributed by atoms with van der Waals surface area (Å²) in [4.78, 5) is 0. The van der Waals surface area contributed by atoms with Gasteiger partial charge < -0.3 is 9.47 Å². The standard InChI is InChI=1S/C6H10Cl4O2/c1-5(7,8)6(9,10)4(11-2)12-3/h4H,1-3H3. The largest absolute Gasteiger partial charge is 0.353 e. The first-order chi connectivity index (χ1) is 5.27. The van der Waals surface area contributed by atoms with Gasteiger partial charge in [-0.1, -0.05) is 46.4 Å². The van der Waals surface area contributed by atoms with Crippen molar-refractivity contribution in [2.75, 3.05) is 14.2 Å². The van der Waals surface area contributed by atoms with E-state index in [2.05, 4.69) is 0 Å². The van der Waals surface area contributed by atoms with Gasteiger partial charge in [-0.2, -0.15) is 0 Å². The molecule has 0 aromatic rings. The Morgan fingerprint density at radius 2 is 1.33 bits per heavy atom. The maximum absolute atomic E-state index is 5.83. The van der Waals surface area contributed by atoms with Gasteiger partial charge in [0, 0.05) is 14.2 Å². The van der Waals surface area contributed by atoms with Gasteiger partial charge in [0.15, 0.2) is 10.6 Å². The van der Waals surface area contributed by atoms with Crippen molar-refractivity contribution in [3.63, 3.8) is 0 Å². The predicted octanol–water partition coefficient (Wildman–Crippen LogP) is 2.97. The summed E-state index contributed by atoms with van der Waals surface area (Å²) < 4.78 is 6.80. The Kier molecular flexibility index (Phi) is 4.95. The van der Waals surface area contributed by atoms with Gasteiger partial charge in [-0.05, 0) is 6.92 Å². The topological polar surface area (TPSA) is 18.5 Å². The fourth-order valence-corrected chi connectivity index (χ4v) is 1.13. The Bertz CT molecular complexity index is 139. The molecule has 0 N–H and O–H groups in total. The number of hydrogen-bond acceptors (Lipinski definition) is 2. The lowest BCUT2D eigenvalue weighted by Gasteiger charge is -2.34. The zero-order valence-electron chi connectivity index (χ0n) is 6.91. The van der Waals surface area contributed by atoms with Crippen LogP contribution in [0.15, 0.2) is 0 Å². The van der Waals surface area contributed by atoms with E-state index in [0.717, 1.165) is 0 Å². The van der Waals surface area contributed by atoms with E-state index in [9.17, 15) is 0 Å². The molecule has 0 aliphatic carbocycles. The molecule has 0 aromatic carbocycles. The molecule has 0 fully saturated rings. The molecule has 0 atom stereocenters. The van der Waals surface area contributed by atoms with Gasteiger partial charge in [-0.15, -0.1) is 0 Å². The van der Waals surface area contributed by atoms with Crippen molar-refractivity contribution in [1.82, 2.24) is 0 Å². The molecule has 0 aromatic heterocycles. The van der Waals surface area contributed by atoms with Crippen LogP contribution in [0, 0.1) is 0 Å². The molecule has 0 unspecified atom stereocenters. The molecule has 0 spiro atoms. The van der Waals surface area contributed by atoms with E-state index in [1.165, 1.54) is 21.1 Å². The third kappa shape index (κ3) is 2.79. The van der Waals surface area contributed by atoms with Crippen molar-refractivity contribution in [2.24, 2.45) is 0 Å². The Morgan fingerprint density at radius 1 is 1.00 bits per heavy atom. The molecule has 12 heavy (non-hydrogen) atoms. The number of alkyl halides is 4. The molecule has 6 heteroatoms. The van der Waals surface area contributed by atoms with Crippen LogP contribution >= 0.6 is 46.4 Å². The first-order valence-corrected chi connectivity index (χ1v) is 4.59. The quantitative estimate of drug-likeness (QED) is 0.568. The third-order valence-corrected chi connectivity index (χ3v) is 3.40. The Labute approximate surface area is 92.0 Å². The fraction of sp³-hybridized carbons (Fsp3) is 1.00. The summed E-state index contributed by atoms with van der Waals surface area (Å²) >= 11 is 23.1. The van der Waals surface area contributed by atoms with E-state index in [-0.39, 0.29) is 0 Å². The van der Waals surface area contributed by atoms with E-state index in [1.54, 1.807) is 0 Å². The Hall–Kier alpha value is 1.08. The first kappa shape index (κ1) is 13.1. The number of hydrogen-bond donors (Lipinski definition) is 0. The normalized spacial score (nSPS) is 14.0. The molecule has 74 valence electrons. The summed E-state index contributed by atoms with van der Waals surface area (Å²) in [6, 6.07) is 0. The van der Waals surface area contributed by atoms with E-state index in [4.69, 9.17) is 55.9 Å². The van der Waals surface area contributed by atoms with Gasteiger partial charge in [0.1, 0.15) is 0 Å². The summed E-state index contributed by atoms with van der Waals surface area (Å²) in [7, 11) is 2.79.